The fourth-order valence-electron chi connectivity index (χ4n) is 2.36. The van der Waals surface area contributed by atoms with Crippen LogP contribution in [-0.4, -0.2) is 31.3 Å². The highest BCUT2D eigenvalue weighted by molar-refractivity contribution is 7.99. The van der Waals surface area contributed by atoms with Crippen molar-refractivity contribution in [2.75, 3.05) is 5.75 Å². The molecule has 0 N–H and O–H groups in total. The summed E-state index contributed by atoms with van der Waals surface area (Å²) in [5, 5.41) is 9.20. The van der Waals surface area contributed by atoms with Crippen LogP contribution in [0.1, 0.15) is 23.2 Å². The molecule has 0 fully saturated rings. The molecule has 3 rings (SSSR count). The Bertz CT molecular complexity index is 849. The van der Waals surface area contributed by atoms with E-state index in [9.17, 15) is 9.18 Å². The molecule has 0 atom stereocenters. The second kappa shape index (κ2) is 8.02. The largest absolute Gasteiger partial charge is 0.305 e. The average molecular weight is 356 g/mol. The maximum atomic E-state index is 12.9. The molecule has 0 saturated carbocycles. The molecule has 7 heteroatoms. The van der Waals surface area contributed by atoms with E-state index < -0.39 is 0 Å². The normalized spacial score (nSPS) is 10.8. The maximum Gasteiger partial charge on any atom is 0.191 e. The number of ketones is 1. The third-order valence-electron chi connectivity index (χ3n) is 3.70. The van der Waals surface area contributed by atoms with Gasteiger partial charge in [0.2, 0.25) is 0 Å². The van der Waals surface area contributed by atoms with Gasteiger partial charge >= 0.3 is 0 Å². The first-order chi connectivity index (χ1) is 12.1. The first-order valence-corrected chi connectivity index (χ1v) is 8.85. The minimum Gasteiger partial charge on any atom is -0.305 e. The molecule has 0 bridgehead atoms. The zero-order valence-electron chi connectivity index (χ0n) is 13.7. The second-order valence-electron chi connectivity index (χ2n) is 5.49. The summed E-state index contributed by atoms with van der Waals surface area (Å²) >= 11 is 1.56. The number of hydrogen-bond acceptors (Lipinski definition) is 5. The number of benzene rings is 1. The maximum absolute atomic E-state index is 12.9. The van der Waals surface area contributed by atoms with E-state index in [1.54, 1.807) is 24.2 Å². The van der Waals surface area contributed by atoms with Crippen LogP contribution < -0.4 is 0 Å². The quantitative estimate of drug-likeness (QED) is 0.366. The smallest absolute Gasteiger partial charge is 0.191 e. The zero-order valence-corrected chi connectivity index (χ0v) is 14.5. The topological polar surface area (TPSA) is 60.7 Å². The van der Waals surface area contributed by atoms with Crippen molar-refractivity contribution in [1.29, 1.82) is 0 Å². The second-order valence-corrected chi connectivity index (χ2v) is 6.55. The number of Topliss-reactive ketones (excluding diaryl/α,β-unsaturated/α-hetero) is 1. The van der Waals surface area contributed by atoms with Crippen LogP contribution in [-0.2, 0) is 7.05 Å². The highest BCUT2D eigenvalue weighted by Crippen LogP contribution is 2.22. The lowest BCUT2D eigenvalue weighted by atomic mass is 10.1. The summed E-state index contributed by atoms with van der Waals surface area (Å²) in [6.45, 7) is 0. The number of carbonyl (C=O) groups excluding carboxylic acids is 1. The number of pyridine rings is 1. The summed E-state index contributed by atoms with van der Waals surface area (Å²) in [4.78, 5) is 16.1. The highest BCUT2D eigenvalue weighted by atomic mass is 32.2. The van der Waals surface area contributed by atoms with Crippen molar-refractivity contribution in [2.45, 2.75) is 18.0 Å². The van der Waals surface area contributed by atoms with Gasteiger partial charge in [0.15, 0.2) is 16.8 Å². The van der Waals surface area contributed by atoms with E-state index in [-0.39, 0.29) is 11.6 Å². The molecular formula is C18H17FN4OS. The van der Waals surface area contributed by atoms with Gasteiger partial charge in [-0.1, -0.05) is 11.8 Å². The first-order valence-electron chi connectivity index (χ1n) is 7.86. The summed E-state index contributed by atoms with van der Waals surface area (Å²) in [7, 11) is 1.91. The van der Waals surface area contributed by atoms with Gasteiger partial charge in [0.1, 0.15) is 5.82 Å². The lowest BCUT2D eigenvalue weighted by Gasteiger charge is -2.04. The number of carbonyl (C=O) groups is 1. The molecular weight excluding hydrogens is 339 g/mol. The predicted molar refractivity (Wildman–Crippen MR) is 94.9 cm³/mol. The number of halogens is 1. The van der Waals surface area contributed by atoms with Crippen LogP contribution in [0.2, 0.25) is 0 Å². The molecule has 0 saturated heterocycles. The predicted octanol–water partition coefficient (Wildman–Crippen LogP) is 3.77. The van der Waals surface area contributed by atoms with Gasteiger partial charge in [-0.05, 0) is 42.8 Å². The lowest BCUT2D eigenvalue weighted by Crippen LogP contribution is -2.00. The van der Waals surface area contributed by atoms with Crippen molar-refractivity contribution in [1.82, 2.24) is 19.7 Å². The van der Waals surface area contributed by atoms with Crippen molar-refractivity contribution in [3.63, 3.8) is 0 Å². The van der Waals surface area contributed by atoms with Crippen LogP contribution in [0, 0.1) is 5.82 Å². The van der Waals surface area contributed by atoms with E-state index in [1.807, 2.05) is 23.7 Å². The lowest BCUT2D eigenvalue weighted by molar-refractivity contribution is 0.0982. The molecule has 0 unspecified atom stereocenters. The Morgan fingerprint density at radius 2 is 2.00 bits per heavy atom. The molecule has 3 aromatic rings. The van der Waals surface area contributed by atoms with E-state index >= 15 is 0 Å². The minimum absolute atomic E-state index is 0.0228. The molecule has 0 amide bonds. The van der Waals surface area contributed by atoms with Crippen LogP contribution in [0.15, 0.2) is 53.9 Å². The van der Waals surface area contributed by atoms with Crippen LogP contribution in [0.5, 0.6) is 0 Å². The number of nitrogens with zero attached hydrogens (tertiary/aromatic N) is 4. The van der Waals surface area contributed by atoms with Crippen LogP contribution >= 0.6 is 11.8 Å². The highest BCUT2D eigenvalue weighted by Gasteiger charge is 2.12. The Labute approximate surface area is 149 Å². The average Bonchev–Trinajstić information content (AvgIpc) is 3.00. The standard InChI is InChI=1S/C18H17FN4OS/c1-23-17(14-4-2-10-20-12-14)21-22-18(23)25-11-3-5-16(24)13-6-8-15(19)9-7-13/h2,4,6-10,12H,3,5,11H2,1H3. The van der Waals surface area contributed by atoms with Gasteiger partial charge in [0, 0.05) is 42.7 Å². The molecule has 5 nitrogen and oxygen atoms in total. The summed E-state index contributed by atoms with van der Waals surface area (Å²) in [6, 6.07) is 9.45. The third kappa shape index (κ3) is 4.30. The van der Waals surface area contributed by atoms with Gasteiger partial charge in [-0.15, -0.1) is 10.2 Å². The van der Waals surface area contributed by atoms with Crippen molar-refractivity contribution in [3.05, 3.63) is 60.2 Å². The van der Waals surface area contributed by atoms with Crippen molar-refractivity contribution >= 4 is 17.5 Å². The number of hydrogen-bond donors (Lipinski definition) is 0. The Balaban J connectivity index is 1.52. The Morgan fingerprint density at radius 1 is 1.20 bits per heavy atom. The zero-order chi connectivity index (χ0) is 17.6. The van der Waals surface area contributed by atoms with Crippen molar-refractivity contribution in [3.8, 4) is 11.4 Å². The van der Waals surface area contributed by atoms with Crippen LogP contribution in [0.3, 0.4) is 0 Å². The van der Waals surface area contributed by atoms with Gasteiger partial charge in [0.05, 0.1) is 0 Å². The monoisotopic (exact) mass is 356 g/mol. The number of thioether (sulfide) groups is 1. The Kier molecular flexibility index (Phi) is 5.55. The Hall–Kier alpha value is -2.54. The summed E-state index contributed by atoms with van der Waals surface area (Å²) in [6.07, 6.45) is 4.61. The molecule has 1 aromatic carbocycles. The van der Waals surface area contributed by atoms with Gasteiger partial charge < -0.3 is 4.57 Å². The molecule has 2 aromatic heterocycles. The summed E-state index contributed by atoms with van der Waals surface area (Å²) < 4.78 is 14.8. The van der Waals surface area contributed by atoms with Gasteiger partial charge in [-0.2, -0.15) is 0 Å². The molecule has 128 valence electrons. The first kappa shape index (κ1) is 17.3. The molecule has 2 heterocycles. The van der Waals surface area contributed by atoms with Crippen LogP contribution in [0.4, 0.5) is 4.39 Å². The minimum atomic E-state index is -0.334. The summed E-state index contributed by atoms with van der Waals surface area (Å²) in [5.41, 5.74) is 1.46. The molecule has 0 aliphatic carbocycles. The SMILES string of the molecule is Cn1c(SCCCC(=O)c2ccc(F)cc2)nnc1-c1cccnc1. The van der Waals surface area contributed by atoms with Crippen LogP contribution in [0.25, 0.3) is 11.4 Å². The van der Waals surface area contributed by atoms with Gasteiger partial charge in [0.25, 0.3) is 0 Å². The van der Waals surface area contributed by atoms with Gasteiger partial charge in [-0.25, -0.2) is 4.39 Å². The summed E-state index contributed by atoms with van der Waals surface area (Å²) in [5.74, 6) is 1.21. The Morgan fingerprint density at radius 3 is 2.72 bits per heavy atom. The van der Waals surface area contributed by atoms with E-state index in [1.165, 1.54) is 24.3 Å². The molecule has 0 radical (unpaired) electrons. The fourth-order valence-corrected chi connectivity index (χ4v) is 3.21. The number of rotatable bonds is 7. The molecule has 25 heavy (non-hydrogen) atoms. The fraction of sp³-hybridized carbons (Fsp3) is 0.222. The molecule has 0 spiro atoms. The van der Waals surface area contributed by atoms with E-state index in [0.29, 0.717) is 12.0 Å². The van der Waals surface area contributed by atoms with E-state index in [2.05, 4.69) is 15.2 Å². The third-order valence-corrected chi connectivity index (χ3v) is 4.81. The van der Waals surface area contributed by atoms with Crippen molar-refractivity contribution in [2.24, 2.45) is 7.05 Å². The molecule has 0 aliphatic heterocycles. The molecule has 0 aliphatic rings. The number of aromatic nitrogens is 4. The van der Waals surface area contributed by atoms with Gasteiger partial charge in [-0.3, -0.25) is 9.78 Å². The van der Waals surface area contributed by atoms with Crippen molar-refractivity contribution < 1.29 is 9.18 Å². The van der Waals surface area contributed by atoms with E-state index in [0.717, 1.165) is 28.7 Å². The van der Waals surface area contributed by atoms with E-state index in [4.69, 9.17) is 0 Å².